The van der Waals surface area contributed by atoms with E-state index in [4.69, 9.17) is 9.57 Å². The predicted molar refractivity (Wildman–Crippen MR) is 136 cm³/mol. The summed E-state index contributed by atoms with van der Waals surface area (Å²) in [6, 6.07) is 7.76. The number of aliphatic hydroxyl groups is 1. The first-order valence-electron chi connectivity index (χ1n) is 12.2. The number of hydrogen-bond donors (Lipinski definition) is 3. The van der Waals surface area contributed by atoms with Crippen LogP contribution in [0.15, 0.2) is 53.7 Å². The van der Waals surface area contributed by atoms with Gasteiger partial charge < -0.3 is 34.8 Å². The summed E-state index contributed by atoms with van der Waals surface area (Å²) in [6.07, 6.45) is -9.51. The molecule has 0 bridgehead atoms. The molecule has 3 aromatic rings. The molecule has 1 atom stereocenters. The van der Waals surface area contributed by atoms with Crippen LogP contribution in [0.4, 0.5) is 37.7 Å². The van der Waals surface area contributed by atoms with Crippen LogP contribution in [0.2, 0.25) is 0 Å². The molecular formula is C27H19F6N3O7. The fraction of sp³-hybridized carbons (Fsp3) is 0.222. The lowest BCUT2D eigenvalue weighted by atomic mass is 10.0. The van der Waals surface area contributed by atoms with E-state index >= 15 is 0 Å². The number of rotatable bonds is 7. The maximum absolute atomic E-state index is 13.8. The highest BCUT2D eigenvalue weighted by Gasteiger charge is 2.44. The molecule has 0 saturated heterocycles. The van der Waals surface area contributed by atoms with Crippen molar-refractivity contribution in [2.45, 2.75) is 25.0 Å². The average molecular weight is 611 g/mol. The average Bonchev–Trinajstić information content (AvgIpc) is 3.55. The lowest BCUT2D eigenvalue weighted by Gasteiger charge is -2.15. The van der Waals surface area contributed by atoms with Gasteiger partial charge in [0.1, 0.15) is 11.6 Å². The summed E-state index contributed by atoms with van der Waals surface area (Å²) in [4.78, 5) is 31.7. The Balaban J connectivity index is 1.49. The number of methoxy groups -OCH3 is 1. The summed E-state index contributed by atoms with van der Waals surface area (Å²) < 4.78 is 94.9. The molecule has 226 valence electrons. The van der Waals surface area contributed by atoms with Crippen LogP contribution < -0.4 is 24.8 Å². The molecule has 10 nitrogen and oxygen atoms in total. The molecule has 2 amide bonds. The minimum Gasteiger partial charge on any atom is -0.496 e. The summed E-state index contributed by atoms with van der Waals surface area (Å²) in [5, 5.41) is 17.7. The Morgan fingerprint density at radius 1 is 1.02 bits per heavy atom. The van der Waals surface area contributed by atoms with Crippen LogP contribution >= 0.6 is 0 Å². The smallest absolute Gasteiger partial charge is 0.496 e. The van der Waals surface area contributed by atoms with Crippen LogP contribution in [0, 0.1) is 5.82 Å². The van der Waals surface area contributed by atoms with Crippen molar-refractivity contribution >= 4 is 28.9 Å². The normalized spacial score (nSPS) is 16.7. The summed E-state index contributed by atoms with van der Waals surface area (Å²) in [6.45, 7) is -0.292. The highest BCUT2D eigenvalue weighted by Crippen LogP contribution is 2.44. The predicted octanol–water partition coefficient (Wildman–Crippen LogP) is 5.16. The second kappa shape index (κ2) is 11.0. The first kappa shape index (κ1) is 29.5. The molecule has 2 heterocycles. The Labute approximate surface area is 237 Å². The van der Waals surface area contributed by atoms with Crippen molar-refractivity contribution in [3.05, 3.63) is 76.6 Å². The molecule has 2 aliphatic rings. The number of nitrogens with one attached hydrogen (secondary N) is 2. The van der Waals surface area contributed by atoms with Gasteiger partial charge in [-0.1, -0.05) is 5.16 Å². The van der Waals surface area contributed by atoms with Crippen molar-refractivity contribution in [2.24, 2.45) is 5.16 Å². The number of carbonyl (C=O) groups is 2. The van der Waals surface area contributed by atoms with Crippen molar-refractivity contribution in [3.8, 4) is 17.2 Å². The van der Waals surface area contributed by atoms with Gasteiger partial charge in [0, 0.05) is 23.7 Å². The second-order valence-electron chi connectivity index (χ2n) is 9.18. The zero-order chi connectivity index (χ0) is 31.1. The molecule has 3 aromatic carbocycles. The Kier molecular flexibility index (Phi) is 7.56. The number of amides is 2. The third-order valence-electron chi connectivity index (χ3n) is 6.28. The highest BCUT2D eigenvalue weighted by molar-refractivity contribution is 6.14. The van der Waals surface area contributed by atoms with Crippen molar-refractivity contribution < 1.29 is 60.1 Å². The minimum atomic E-state index is -5.07. The van der Waals surface area contributed by atoms with Crippen LogP contribution in [0.25, 0.3) is 0 Å². The summed E-state index contributed by atoms with van der Waals surface area (Å²) in [5.74, 6) is -4.71. The number of carbonyl (C=O) groups excluding carboxylic acids is 2. The standard InChI is InChI=1S/C27H19F6N3O7/c1-40-21-5-2-12(19-8-14(11-37)43-36-19)6-16(21)25(39)35-20-10-23-22(41-27(32,33)42-23)9-15(20)24(38)34-13-3-4-18(28)17(7-13)26(29,30)31/h2-7,9-10,14,37H,8,11H2,1H3,(H,34,38)(H,35,39). The van der Waals surface area contributed by atoms with Crippen LogP contribution in [0.5, 0.6) is 17.2 Å². The molecule has 0 aliphatic carbocycles. The van der Waals surface area contributed by atoms with Gasteiger partial charge >= 0.3 is 12.5 Å². The van der Waals surface area contributed by atoms with E-state index in [1.165, 1.54) is 19.2 Å². The largest absolute Gasteiger partial charge is 0.586 e. The van der Waals surface area contributed by atoms with Gasteiger partial charge in [-0.15, -0.1) is 8.78 Å². The van der Waals surface area contributed by atoms with Gasteiger partial charge in [-0.3, -0.25) is 9.59 Å². The zero-order valence-corrected chi connectivity index (χ0v) is 21.7. The van der Waals surface area contributed by atoms with Crippen molar-refractivity contribution in [1.82, 2.24) is 0 Å². The van der Waals surface area contributed by atoms with Gasteiger partial charge in [0.2, 0.25) is 0 Å². The van der Waals surface area contributed by atoms with Crippen LogP contribution in [-0.2, 0) is 11.0 Å². The molecular weight excluding hydrogens is 592 g/mol. The van der Waals surface area contributed by atoms with Gasteiger partial charge in [0.15, 0.2) is 17.6 Å². The number of halogens is 6. The lowest BCUT2D eigenvalue weighted by Crippen LogP contribution is -2.25. The quantitative estimate of drug-likeness (QED) is 0.315. The molecule has 3 N–H and O–H groups in total. The molecule has 43 heavy (non-hydrogen) atoms. The Bertz CT molecular complexity index is 1640. The van der Waals surface area contributed by atoms with E-state index in [9.17, 15) is 41.0 Å². The van der Waals surface area contributed by atoms with E-state index < -0.39 is 70.2 Å². The molecule has 5 rings (SSSR count). The van der Waals surface area contributed by atoms with E-state index in [0.717, 1.165) is 18.2 Å². The molecule has 0 aromatic heterocycles. The van der Waals surface area contributed by atoms with Crippen molar-refractivity contribution in [3.63, 3.8) is 0 Å². The lowest BCUT2D eigenvalue weighted by molar-refractivity contribution is -0.286. The van der Waals surface area contributed by atoms with Crippen LogP contribution in [0.1, 0.15) is 38.3 Å². The van der Waals surface area contributed by atoms with Gasteiger partial charge in [-0.05, 0) is 42.5 Å². The Hall–Kier alpha value is -4.99. The maximum Gasteiger partial charge on any atom is 0.586 e. The maximum atomic E-state index is 13.8. The van der Waals surface area contributed by atoms with Gasteiger partial charge in [-0.25, -0.2) is 4.39 Å². The molecule has 16 heteroatoms. The van der Waals surface area contributed by atoms with E-state index in [1.807, 2.05) is 0 Å². The highest BCUT2D eigenvalue weighted by atomic mass is 19.4. The topological polar surface area (TPSA) is 128 Å². The number of oxime groups is 1. The number of ether oxygens (including phenoxy) is 3. The summed E-state index contributed by atoms with van der Waals surface area (Å²) in [7, 11) is 1.28. The minimum absolute atomic E-state index is 0.0729. The fourth-order valence-corrected chi connectivity index (χ4v) is 4.26. The zero-order valence-electron chi connectivity index (χ0n) is 21.7. The van der Waals surface area contributed by atoms with Gasteiger partial charge in [0.25, 0.3) is 11.8 Å². The monoisotopic (exact) mass is 611 g/mol. The number of alkyl halides is 5. The number of benzene rings is 3. The first-order valence-corrected chi connectivity index (χ1v) is 12.2. The Morgan fingerprint density at radius 2 is 1.72 bits per heavy atom. The Morgan fingerprint density at radius 3 is 2.37 bits per heavy atom. The number of hydrogen-bond acceptors (Lipinski definition) is 8. The van der Waals surface area contributed by atoms with Crippen molar-refractivity contribution in [1.29, 1.82) is 0 Å². The fourth-order valence-electron chi connectivity index (χ4n) is 4.26. The first-order chi connectivity index (χ1) is 20.3. The summed E-state index contributed by atoms with van der Waals surface area (Å²) >= 11 is 0. The summed E-state index contributed by atoms with van der Waals surface area (Å²) in [5.41, 5.74) is -2.28. The number of anilines is 2. The SMILES string of the molecule is COc1ccc(C2=NOC(CO)C2)cc1C(=O)Nc1cc2c(cc1C(=O)Nc1ccc(F)c(C(F)(F)F)c1)OC(F)(F)O2. The van der Waals surface area contributed by atoms with Crippen molar-refractivity contribution in [2.75, 3.05) is 24.4 Å². The van der Waals surface area contributed by atoms with Gasteiger partial charge in [-0.2, -0.15) is 13.2 Å². The molecule has 0 spiro atoms. The number of aliphatic hydroxyl groups excluding tert-OH is 1. The second-order valence-corrected chi connectivity index (χ2v) is 9.18. The van der Waals surface area contributed by atoms with Crippen LogP contribution in [0.3, 0.4) is 0 Å². The third-order valence-corrected chi connectivity index (χ3v) is 6.28. The number of fused-ring (bicyclic) bond motifs is 1. The third kappa shape index (κ3) is 6.13. The molecule has 0 fully saturated rings. The molecule has 0 saturated carbocycles. The van der Waals surface area contributed by atoms with E-state index in [-0.39, 0.29) is 24.3 Å². The molecule has 2 aliphatic heterocycles. The van der Waals surface area contributed by atoms with E-state index in [1.54, 1.807) is 6.07 Å². The molecule has 0 radical (unpaired) electrons. The van der Waals surface area contributed by atoms with E-state index in [2.05, 4.69) is 25.3 Å². The number of nitrogens with zero attached hydrogens (tertiary/aromatic N) is 1. The molecule has 1 unspecified atom stereocenters. The van der Waals surface area contributed by atoms with E-state index in [0.29, 0.717) is 23.4 Å². The van der Waals surface area contributed by atoms with Crippen LogP contribution in [-0.4, -0.2) is 48.7 Å². The van der Waals surface area contributed by atoms with Gasteiger partial charge in [0.05, 0.1) is 41.8 Å².